The van der Waals surface area contributed by atoms with Gasteiger partial charge in [-0.25, -0.2) is 9.37 Å². The number of benzene rings is 1. The minimum Gasteiger partial charge on any atom is -0.493 e. The molecule has 6 heteroatoms. The molecule has 94 valence electrons. The van der Waals surface area contributed by atoms with Crippen LogP contribution in [0, 0.1) is 12.7 Å². The molecular weight excluding hydrogens is 253 g/mol. The van der Waals surface area contributed by atoms with Crippen LogP contribution in [0.25, 0.3) is 0 Å². The van der Waals surface area contributed by atoms with Crippen LogP contribution in [0.1, 0.15) is 23.9 Å². The summed E-state index contributed by atoms with van der Waals surface area (Å²) in [4.78, 5) is 4.26. The molecule has 2 heterocycles. The van der Waals surface area contributed by atoms with Gasteiger partial charge in [0.15, 0.2) is 0 Å². The number of hydrogen-bond donors (Lipinski definition) is 1. The van der Waals surface area contributed by atoms with Crippen molar-refractivity contribution in [2.24, 2.45) is 0 Å². The molecule has 1 aromatic carbocycles. The van der Waals surface area contributed by atoms with Crippen molar-refractivity contribution in [3.05, 3.63) is 35.4 Å². The molecule has 1 atom stereocenters. The third kappa shape index (κ3) is 2.15. The van der Waals surface area contributed by atoms with Gasteiger partial charge in [-0.05, 0) is 25.1 Å². The second kappa shape index (κ2) is 4.53. The van der Waals surface area contributed by atoms with Crippen LogP contribution >= 0.6 is 11.5 Å². The number of rotatable bonds is 2. The summed E-state index contributed by atoms with van der Waals surface area (Å²) in [7, 11) is 0. The third-order valence-electron chi connectivity index (χ3n) is 2.84. The first-order valence-corrected chi connectivity index (χ1v) is 6.49. The van der Waals surface area contributed by atoms with E-state index in [9.17, 15) is 4.39 Å². The Balaban J connectivity index is 1.88. The second-order valence-electron chi connectivity index (χ2n) is 4.16. The first-order valence-electron chi connectivity index (χ1n) is 5.71. The van der Waals surface area contributed by atoms with Gasteiger partial charge in [0.05, 0.1) is 12.6 Å². The molecule has 1 aliphatic heterocycles. The van der Waals surface area contributed by atoms with E-state index < -0.39 is 0 Å². The SMILES string of the molecule is Cc1nsc(NC2CCOc3ccc(F)cc32)n1. The Morgan fingerprint density at radius 2 is 2.39 bits per heavy atom. The largest absolute Gasteiger partial charge is 0.493 e. The normalized spacial score (nSPS) is 18.0. The van der Waals surface area contributed by atoms with Crippen LogP contribution in [0.5, 0.6) is 5.75 Å². The predicted molar refractivity (Wildman–Crippen MR) is 67.5 cm³/mol. The molecule has 0 spiro atoms. The molecule has 0 radical (unpaired) electrons. The van der Waals surface area contributed by atoms with E-state index in [2.05, 4.69) is 14.7 Å². The van der Waals surface area contributed by atoms with E-state index >= 15 is 0 Å². The summed E-state index contributed by atoms with van der Waals surface area (Å²) in [6.45, 7) is 2.47. The number of aromatic nitrogens is 2. The molecule has 0 saturated heterocycles. The van der Waals surface area contributed by atoms with Gasteiger partial charge in [0.1, 0.15) is 17.4 Å². The average Bonchev–Trinajstić information content (AvgIpc) is 2.76. The van der Waals surface area contributed by atoms with Crippen molar-refractivity contribution in [3.63, 3.8) is 0 Å². The van der Waals surface area contributed by atoms with Crippen LogP contribution < -0.4 is 10.1 Å². The van der Waals surface area contributed by atoms with Crippen LogP contribution in [-0.2, 0) is 0 Å². The lowest BCUT2D eigenvalue weighted by Gasteiger charge is -2.26. The molecule has 1 aliphatic rings. The van der Waals surface area contributed by atoms with Crippen molar-refractivity contribution in [2.75, 3.05) is 11.9 Å². The molecule has 1 aromatic heterocycles. The lowest BCUT2D eigenvalue weighted by atomic mass is 10.0. The van der Waals surface area contributed by atoms with Gasteiger partial charge in [-0.1, -0.05) is 0 Å². The summed E-state index contributed by atoms with van der Waals surface area (Å²) in [5.41, 5.74) is 0.842. The van der Waals surface area contributed by atoms with E-state index in [0.717, 1.165) is 28.7 Å². The number of anilines is 1. The van der Waals surface area contributed by atoms with E-state index in [1.807, 2.05) is 6.92 Å². The maximum atomic E-state index is 13.3. The van der Waals surface area contributed by atoms with Gasteiger partial charge < -0.3 is 10.1 Å². The number of fused-ring (bicyclic) bond motifs is 1. The van der Waals surface area contributed by atoms with E-state index in [1.165, 1.54) is 23.7 Å². The summed E-state index contributed by atoms with van der Waals surface area (Å²) < 4.78 is 22.9. The highest BCUT2D eigenvalue weighted by Gasteiger charge is 2.22. The molecule has 0 bridgehead atoms. The Kier molecular flexibility index (Phi) is 2.87. The van der Waals surface area contributed by atoms with Gasteiger partial charge in [0, 0.05) is 23.5 Å². The van der Waals surface area contributed by atoms with Crippen LogP contribution in [0.15, 0.2) is 18.2 Å². The summed E-state index contributed by atoms with van der Waals surface area (Å²) in [6, 6.07) is 4.62. The van der Waals surface area contributed by atoms with E-state index in [-0.39, 0.29) is 11.9 Å². The van der Waals surface area contributed by atoms with E-state index in [0.29, 0.717) is 6.61 Å². The lowest BCUT2D eigenvalue weighted by molar-refractivity contribution is 0.273. The zero-order chi connectivity index (χ0) is 12.5. The van der Waals surface area contributed by atoms with Crippen LogP contribution in [0.3, 0.4) is 0 Å². The maximum absolute atomic E-state index is 13.3. The number of halogens is 1. The van der Waals surface area contributed by atoms with Crippen molar-refractivity contribution < 1.29 is 9.13 Å². The van der Waals surface area contributed by atoms with Gasteiger partial charge >= 0.3 is 0 Å². The van der Waals surface area contributed by atoms with E-state index in [1.54, 1.807) is 6.07 Å². The second-order valence-corrected chi connectivity index (χ2v) is 4.91. The predicted octanol–water partition coefficient (Wildman–Crippen LogP) is 2.92. The fraction of sp³-hybridized carbons (Fsp3) is 0.333. The van der Waals surface area contributed by atoms with Crippen molar-refractivity contribution >= 4 is 16.7 Å². The van der Waals surface area contributed by atoms with Crippen molar-refractivity contribution in [3.8, 4) is 5.75 Å². The highest BCUT2D eigenvalue weighted by Crippen LogP contribution is 2.34. The summed E-state index contributed by atoms with van der Waals surface area (Å²) in [6.07, 6.45) is 0.787. The molecule has 1 N–H and O–H groups in total. The Bertz CT molecular complexity index is 572. The standard InChI is InChI=1S/C12H12FN3OS/c1-7-14-12(18-16-7)15-10-4-5-17-11-3-2-8(13)6-9(10)11/h2-3,6,10H,4-5H2,1H3,(H,14,15,16). The number of hydrogen-bond acceptors (Lipinski definition) is 5. The molecule has 18 heavy (non-hydrogen) atoms. The molecule has 2 aromatic rings. The Hall–Kier alpha value is -1.69. The molecular formula is C12H12FN3OS. The fourth-order valence-electron chi connectivity index (χ4n) is 2.02. The molecule has 1 unspecified atom stereocenters. The zero-order valence-electron chi connectivity index (χ0n) is 9.81. The molecule has 0 fully saturated rings. The highest BCUT2D eigenvalue weighted by molar-refractivity contribution is 7.09. The molecule has 3 rings (SSSR count). The van der Waals surface area contributed by atoms with Crippen molar-refractivity contribution in [1.29, 1.82) is 0 Å². The third-order valence-corrected chi connectivity index (χ3v) is 3.57. The van der Waals surface area contributed by atoms with Gasteiger partial charge in [-0.3, -0.25) is 0 Å². The number of nitrogens with zero attached hydrogens (tertiary/aromatic N) is 2. The monoisotopic (exact) mass is 265 g/mol. The van der Waals surface area contributed by atoms with Gasteiger partial charge in [0.2, 0.25) is 5.13 Å². The first kappa shape index (κ1) is 11.4. The maximum Gasteiger partial charge on any atom is 0.203 e. The smallest absolute Gasteiger partial charge is 0.203 e. The minimum atomic E-state index is -0.250. The molecule has 0 saturated carbocycles. The molecule has 4 nitrogen and oxygen atoms in total. The Morgan fingerprint density at radius 3 is 3.17 bits per heavy atom. The van der Waals surface area contributed by atoms with Gasteiger partial charge in [-0.15, -0.1) is 0 Å². The summed E-state index contributed by atoms with van der Waals surface area (Å²) in [5, 5.41) is 4.04. The van der Waals surface area contributed by atoms with Crippen LogP contribution in [0.4, 0.5) is 9.52 Å². The van der Waals surface area contributed by atoms with Gasteiger partial charge in [-0.2, -0.15) is 4.37 Å². The number of nitrogens with one attached hydrogen (secondary N) is 1. The van der Waals surface area contributed by atoms with Crippen LogP contribution in [-0.4, -0.2) is 16.0 Å². The molecule has 0 amide bonds. The Labute approximate surface area is 108 Å². The average molecular weight is 265 g/mol. The zero-order valence-corrected chi connectivity index (χ0v) is 10.6. The van der Waals surface area contributed by atoms with E-state index in [4.69, 9.17) is 4.74 Å². The number of aryl methyl sites for hydroxylation is 1. The topological polar surface area (TPSA) is 47.0 Å². The van der Waals surface area contributed by atoms with Crippen molar-refractivity contribution in [1.82, 2.24) is 9.36 Å². The number of ether oxygens (including phenoxy) is 1. The quantitative estimate of drug-likeness (QED) is 0.907. The lowest BCUT2D eigenvalue weighted by Crippen LogP contribution is -2.20. The van der Waals surface area contributed by atoms with Gasteiger partial charge in [0.25, 0.3) is 0 Å². The minimum absolute atomic E-state index is 0.0248. The molecule has 0 aliphatic carbocycles. The summed E-state index contributed by atoms with van der Waals surface area (Å²) >= 11 is 1.32. The summed E-state index contributed by atoms with van der Waals surface area (Å²) in [5.74, 6) is 1.23. The first-order chi connectivity index (χ1) is 8.72. The highest BCUT2D eigenvalue weighted by atomic mass is 32.1. The Morgan fingerprint density at radius 1 is 1.50 bits per heavy atom. The van der Waals surface area contributed by atoms with Crippen molar-refractivity contribution in [2.45, 2.75) is 19.4 Å². The fourth-order valence-corrected chi connectivity index (χ4v) is 2.65. The van der Waals surface area contributed by atoms with Crippen LogP contribution in [0.2, 0.25) is 0 Å².